The third-order valence-corrected chi connectivity index (χ3v) is 2.96. The fourth-order valence-electron chi connectivity index (χ4n) is 1.89. The summed E-state index contributed by atoms with van der Waals surface area (Å²) in [6.45, 7) is 5.44. The smallest absolute Gasteiger partial charge is 0.350 e. The van der Waals surface area contributed by atoms with E-state index >= 15 is 0 Å². The van der Waals surface area contributed by atoms with Crippen LogP contribution in [0.2, 0.25) is 0 Å². The number of carbonyl (C=O) groups is 1. The van der Waals surface area contributed by atoms with Gasteiger partial charge in [-0.15, -0.1) is 0 Å². The van der Waals surface area contributed by atoms with E-state index in [9.17, 15) is 4.79 Å². The highest BCUT2D eigenvalue weighted by atomic mass is 35.5. The first-order chi connectivity index (χ1) is 9.37. The molecule has 0 saturated heterocycles. The van der Waals surface area contributed by atoms with Gasteiger partial charge in [0.25, 0.3) is 0 Å². The summed E-state index contributed by atoms with van der Waals surface area (Å²) in [5.41, 5.74) is 2.52. The molecule has 20 heavy (non-hydrogen) atoms. The van der Waals surface area contributed by atoms with Crippen molar-refractivity contribution in [2.24, 2.45) is 0 Å². The number of rotatable bonds is 2. The quantitative estimate of drug-likeness (QED) is 0.591. The first-order valence-corrected chi connectivity index (χ1v) is 6.83. The predicted octanol–water partition coefficient (Wildman–Crippen LogP) is 4.71. The summed E-state index contributed by atoms with van der Waals surface area (Å²) in [4.78, 5) is 11.9. The summed E-state index contributed by atoms with van der Waals surface area (Å²) < 4.78 is 5.24. The van der Waals surface area contributed by atoms with Gasteiger partial charge in [-0.05, 0) is 43.5 Å². The monoisotopic (exact) mass is 288 g/mol. The zero-order chi connectivity index (χ0) is 14.8. The highest BCUT2D eigenvalue weighted by Crippen LogP contribution is 2.29. The summed E-state index contributed by atoms with van der Waals surface area (Å²) in [6, 6.07) is 13.9. The Labute approximate surface area is 124 Å². The van der Waals surface area contributed by atoms with E-state index in [1.165, 1.54) is 0 Å². The molecule has 0 aromatic carbocycles. The average Bonchev–Trinajstić information content (AvgIpc) is 2.58. The van der Waals surface area contributed by atoms with Gasteiger partial charge in [0.2, 0.25) is 0 Å². The molecule has 0 bridgehead atoms. The van der Waals surface area contributed by atoms with Gasteiger partial charge in [0, 0.05) is 0 Å². The van der Waals surface area contributed by atoms with Gasteiger partial charge < -0.3 is 4.74 Å². The normalized spacial score (nSPS) is 12.5. The van der Waals surface area contributed by atoms with Crippen molar-refractivity contribution in [3.8, 4) is 11.1 Å². The van der Waals surface area contributed by atoms with Crippen LogP contribution in [-0.2, 0) is 9.53 Å². The molecule has 2 aliphatic carbocycles. The Morgan fingerprint density at radius 1 is 1.10 bits per heavy atom. The van der Waals surface area contributed by atoms with Crippen molar-refractivity contribution in [3.05, 3.63) is 53.1 Å². The Bertz CT molecular complexity index is 623. The van der Waals surface area contributed by atoms with Crippen LogP contribution in [0.4, 0.5) is 0 Å². The topological polar surface area (TPSA) is 26.3 Å². The largest absolute Gasteiger partial charge is 0.456 e. The molecule has 0 fully saturated rings. The van der Waals surface area contributed by atoms with E-state index in [1.807, 2.05) is 63.2 Å². The third kappa shape index (κ3) is 3.61. The summed E-state index contributed by atoms with van der Waals surface area (Å²) in [5.74, 6) is -0.506. The Balaban J connectivity index is 2.28. The van der Waals surface area contributed by atoms with Gasteiger partial charge in [-0.25, -0.2) is 4.79 Å². The van der Waals surface area contributed by atoms with E-state index in [4.69, 9.17) is 16.3 Å². The second kappa shape index (κ2) is 5.68. The highest BCUT2D eigenvalue weighted by Gasteiger charge is 2.19. The fraction of sp³-hybridized carbons (Fsp3) is 0.235. The Kier molecular flexibility index (Phi) is 4.15. The Morgan fingerprint density at radius 3 is 2.50 bits per heavy atom. The van der Waals surface area contributed by atoms with Crippen LogP contribution >= 0.6 is 11.6 Å². The van der Waals surface area contributed by atoms with E-state index in [-0.39, 0.29) is 5.03 Å². The molecule has 2 nitrogen and oxygen atoms in total. The van der Waals surface area contributed by atoms with Crippen molar-refractivity contribution in [1.82, 2.24) is 0 Å². The maximum Gasteiger partial charge on any atom is 0.350 e. The summed E-state index contributed by atoms with van der Waals surface area (Å²) >= 11 is 6.05. The number of fused-ring (bicyclic) bond motifs is 1. The van der Waals surface area contributed by atoms with E-state index in [2.05, 4.69) is 0 Å². The predicted molar refractivity (Wildman–Crippen MR) is 82.7 cm³/mol. The van der Waals surface area contributed by atoms with E-state index in [1.54, 1.807) is 6.08 Å². The van der Waals surface area contributed by atoms with Gasteiger partial charge in [0.15, 0.2) is 0 Å². The lowest BCUT2D eigenvalue weighted by molar-refractivity contribution is -0.148. The van der Waals surface area contributed by atoms with Crippen molar-refractivity contribution < 1.29 is 9.53 Å². The van der Waals surface area contributed by atoms with Crippen LogP contribution in [0.1, 0.15) is 26.3 Å². The second-order valence-corrected chi connectivity index (χ2v) is 5.97. The lowest BCUT2D eigenvalue weighted by Gasteiger charge is -2.19. The fourth-order valence-corrected chi connectivity index (χ4v) is 2.04. The molecule has 2 aliphatic rings. The Morgan fingerprint density at radius 2 is 1.80 bits per heavy atom. The molecule has 0 atom stereocenters. The molecular weight excluding hydrogens is 272 g/mol. The number of ether oxygens (including phenoxy) is 1. The maximum atomic E-state index is 11.9. The van der Waals surface area contributed by atoms with Crippen LogP contribution in [-0.4, -0.2) is 11.6 Å². The second-order valence-electron chi connectivity index (χ2n) is 5.56. The number of halogens is 1. The lowest BCUT2D eigenvalue weighted by Crippen LogP contribution is -2.23. The molecule has 0 aliphatic heterocycles. The number of hydrogen-bond acceptors (Lipinski definition) is 2. The van der Waals surface area contributed by atoms with Gasteiger partial charge in [-0.1, -0.05) is 54.1 Å². The molecule has 0 N–H and O–H groups in total. The first-order valence-electron chi connectivity index (χ1n) is 6.45. The van der Waals surface area contributed by atoms with Gasteiger partial charge in [0.1, 0.15) is 10.6 Å². The van der Waals surface area contributed by atoms with Crippen LogP contribution in [0.3, 0.4) is 0 Å². The molecule has 104 valence electrons. The van der Waals surface area contributed by atoms with Gasteiger partial charge in [-0.3, -0.25) is 0 Å². The van der Waals surface area contributed by atoms with Crippen molar-refractivity contribution in [3.63, 3.8) is 0 Å². The van der Waals surface area contributed by atoms with Crippen LogP contribution in [0, 0.1) is 0 Å². The highest BCUT2D eigenvalue weighted by molar-refractivity contribution is 6.43. The molecule has 0 spiro atoms. The van der Waals surface area contributed by atoms with Crippen molar-refractivity contribution >= 4 is 23.6 Å². The first kappa shape index (κ1) is 14.6. The maximum absolute atomic E-state index is 11.9. The van der Waals surface area contributed by atoms with E-state index in [0.29, 0.717) is 0 Å². The molecule has 0 unspecified atom stereocenters. The molecule has 0 amide bonds. The average molecular weight is 289 g/mol. The third-order valence-electron chi connectivity index (χ3n) is 2.70. The zero-order valence-electron chi connectivity index (χ0n) is 11.8. The van der Waals surface area contributed by atoms with Gasteiger partial charge >= 0.3 is 5.97 Å². The number of esters is 1. The molecule has 0 heterocycles. The van der Waals surface area contributed by atoms with Crippen molar-refractivity contribution in [2.45, 2.75) is 26.4 Å². The van der Waals surface area contributed by atoms with Crippen LogP contribution in [0.25, 0.3) is 17.2 Å². The minimum Gasteiger partial charge on any atom is -0.456 e. The minimum atomic E-state index is -0.550. The minimum absolute atomic E-state index is 0.0823. The molecule has 3 heteroatoms. The molecule has 0 aromatic rings. The molecule has 0 radical (unpaired) electrons. The summed E-state index contributed by atoms with van der Waals surface area (Å²) in [6.07, 6.45) is 1.65. The van der Waals surface area contributed by atoms with Crippen LogP contribution in [0.15, 0.2) is 47.5 Å². The Hall–Kier alpha value is -1.80. The van der Waals surface area contributed by atoms with Crippen molar-refractivity contribution in [2.75, 3.05) is 0 Å². The SMILES string of the molecule is CC(C)(C)OC(=O)/C(Cl)=C/c1ccc2cccccc1-2. The summed E-state index contributed by atoms with van der Waals surface area (Å²) in [5, 5.41) is 0.0823. The molecule has 2 rings (SSSR count). The van der Waals surface area contributed by atoms with Crippen LogP contribution < -0.4 is 0 Å². The van der Waals surface area contributed by atoms with E-state index < -0.39 is 11.6 Å². The van der Waals surface area contributed by atoms with Gasteiger partial charge in [-0.2, -0.15) is 0 Å². The number of hydrogen-bond donors (Lipinski definition) is 0. The number of carbonyl (C=O) groups excluding carboxylic acids is 1. The molecule has 0 saturated carbocycles. The standard InChI is InChI=1S/C17H17ClO2/c1-17(2,3)20-16(19)15(18)11-13-10-9-12-7-5-4-6-8-14(12)13/h4-11H,1-3H3/b15-11-. The van der Waals surface area contributed by atoms with E-state index in [0.717, 1.165) is 16.7 Å². The lowest BCUT2D eigenvalue weighted by atomic mass is 10.1. The molecular formula is C17H17ClO2. The van der Waals surface area contributed by atoms with Crippen molar-refractivity contribution in [1.29, 1.82) is 0 Å². The summed E-state index contributed by atoms with van der Waals surface area (Å²) in [7, 11) is 0. The molecule has 0 aromatic heterocycles. The van der Waals surface area contributed by atoms with Crippen LogP contribution in [0.5, 0.6) is 0 Å². The van der Waals surface area contributed by atoms with Gasteiger partial charge in [0.05, 0.1) is 0 Å². The zero-order valence-corrected chi connectivity index (χ0v) is 12.6.